The standard InChI is InChI=1S/C12H12N2O2/c1-14-10-5-3-2-4-9(10)11(15)6-8(7-13)12(14)16/h2-5,7H,6,13H2,1H3. The fourth-order valence-electron chi connectivity index (χ4n) is 1.80. The number of benzene rings is 1. The second-order valence-corrected chi connectivity index (χ2v) is 3.67. The molecule has 1 aliphatic heterocycles. The first-order valence-electron chi connectivity index (χ1n) is 4.96. The summed E-state index contributed by atoms with van der Waals surface area (Å²) in [7, 11) is 1.64. The van der Waals surface area contributed by atoms with Crippen LogP contribution in [-0.4, -0.2) is 18.7 Å². The lowest BCUT2D eigenvalue weighted by atomic mass is 10.0. The number of hydrogen-bond acceptors (Lipinski definition) is 3. The van der Waals surface area contributed by atoms with Gasteiger partial charge in [-0.1, -0.05) is 12.1 Å². The summed E-state index contributed by atoms with van der Waals surface area (Å²) in [5.74, 6) is -0.300. The van der Waals surface area contributed by atoms with Crippen molar-refractivity contribution in [2.75, 3.05) is 11.9 Å². The molecule has 0 bridgehead atoms. The molecule has 82 valence electrons. The summed E-state index contributed by atoms with van der Waals surface area (Å²) >= 11 is 0. The summed E-state index contributed by atoms with van der Waals surface area (Å²) in [6.07, 6.45) is 1.28. The van der Waals surface area contributed by atoms with E-state index >= 15 is 0 Å². The lowest BCUT2D eigenvalue weighted by molar-refractivity contribution is -0.114. The molecule has 16 heavy (non-hydrogen) atoms. The van der Waals surface area contributed by atoms with Crippen molar-refractivity contribution in [2.45, 2.75) is 6.42 Å². The van der Waals surface area contributed by atoms with Crippen LogP contribution in [0.2, 0.25) is 0 Å². The Hall–Kier alpha value is -2.10. The van der Waals surface area contributed by atoms with Crippen molar-refractivity contribution in [3.8, 4) is 0 Å². The van der Waals surface area contributed by atoms with Gasteiger partial charge in [0.15, 0.2) is 5.78 Å². The Balaban J connectivity index is 2.60. The molecule has 0 saturated carbocycles. The monoisotopic (exact) mass is 216 g/mol. The van der Waals surface area contributed by atoms with Crippen molar-refractivity contribution in [3.05, 3.63) is 41.6 Å². The second-order valence-electron chi connectivity index (χ2n) is 3.67. The van der Waals surface area contributed by atoms with E-state index in [2.05, 4.69) is 0 Å². The first-order chi connectivity index (χ1) is 7.65. The topological polar surface area (TPSA) is 63.4 Å². The Labute approximate surface area is 93.3 Å². The molecule has 0 spiro atoms. The number of rotatable bonds is 0. The molecule has 1 aromatic rings. The molecule has 1 aliphatic rings. The summed E-state index contributed by atoms with van der Waals surface area (Å²) in [4.78, 5) is 25.3. The minimum absolute atomic E-state index is 0.0662. The van der Waals surface area contributed by atoms with Gasteiger partial charge in [-0.15, -0.1) is 0 Å². The summed E-state index contributed by atoms with van der Waals surface area (Å²) in [5, 5.41) is 0. The molecule has 0 unspecified atom stereocenters. The lowest BCUT2D eigenvalue weighted by Crippen LogP contribution is -2.27. The Morgan fingerprint density at radius 2 is 2.00 bits per heavy atom. The van der Waals surface area contributed by atoms with E-state index in [0.29, 0.717) is 16.8 Å². The average molecular weight is 216 g/mol. The van der Waals surface area contributed by atoms with Gasteiger partial charge in [0.25, 0.3) is 5.91 Å². The molecule has 4 heteroatoms. The number of likely N-dealkylation sites (N-methyl/N-ethyl adjacent to an activating group) is 1. The molecule has 0 aromatic heterocycles. The van der Waals surface area contributed by atoms with Crippen LogP contribution >= 0.6 is 0 Å². The zero-order valence-electron chi connectivity index (χ0n) is 8.93. The quantitative estimate of drug-likeness (QED) is 0.660. The summed E-state index contributed by atoms with van der Waals surface area (Å²) in [5.41, 5.74) is 6.90. The van der Waals surface area contributed by atoms with E-state index in [-0.39, 0.29) is 18.1 Å². The van der Waals surface area contributed by atoms with E-state index in [0.717, 1.165) is 0 Å². The molecule has 0 atom stereocenters. The predicted molar refractivity (Wildman–Crippen MR) is 61.1 cm³/mol. The van der Waals surface area contributed by atoms with E-state index in [4.69, 9.17) is 5.73 Å². The fourth-order valence-corrected chi connectivity index (χ4v) is 1.80. The summed E-state index contributed by atoms with van der Waals surface area (Å²) in [6, 6.07) is 7.06. The highest BCUT2D eigenvalue weighted by Gasteiger charge is 2.27. The van der Waals surface area contributed by atoms with Crippen LogP contribution in [0.15, 0.2) is 36.0 Å². The van der Waals surface area contributed by atoms with E-state index in [1.165, 1.54) is 11.1 Å². The molecule has 4 nitrogen and oxygen atoms in total. The first kappa shape index (κ1) is 10.4. The molecule has 2 rings (SSSR count). The number of carbonyl (C=O) groups is 2. The third-order valence-electron chi connectivity index (χ3n) is 2.70. The van der Waals surface area contributed by atoms with Crippen molar-refractivity contribution >= 4 is 17.4 Å². The third kappa shape index (κ3) is 1.48. The number of Topliss-reactive ketones (excluding diaryl/α,β-unsaturated/α-hetero) is 1. The summed E-state index contributed by atoms with van der Waals surface area (Å²) in [6.45, 7) is 0. The molecule has 1 aromatic carbocycles. The minimum Gasteiger partial charge on any atom is -0.404 e. The van der Waals surface area contributed by atoms with Crippen LogP contribution in [0.1, 0.15) is 16.8 Å². The van der Waals surface area contributed by atoms with E-state index in [1.54, 1.807) is 31.3 Å². The smallest absolute Gasteiger partial charge is 0.255 e. The molecule has 2 N–H and O–H groups in total. The maximum Gasteiger partial charge on any atom is 0.255 e. The number of ketones is 1. The Bertz CT molecular complexity index is 492. The maximum absolute atomic E-state index is 11.9. The number of amides is 1. The van der Waals surface area contributed by atoms with Crippen molar-refractivity contribution in [1.29, 1.82) is 0 Å². The Morgan fingerprint density at radius 3 is 2.69 bits per heavy atom. The molecule has 0 fully saturated rings. The van der Waals surface area contributed by atoms with Crippen molar-refractivity contribution < 1.29 is 9.59 Å². The number of hydrogen-bond donors (Lipinski definition) is 1. The van der Waals surface area contributed by atoms with Gasteiger partial charge in [-0.05, 0) is 12.1 Å². The van der Waals surface area contributed by atoms with Crippen molar-refractivity contribution in [3.63, 3.8) is 0 Å². The largest absolute Gasteiger partial charge is 0.404 e. The van der Waals surface area contributed by atoms with Crippen LogP contribution in [0.25, 0.3) is 0 Å². The maximum atomic E-state index is 11.9. The van der Waals surface area contributed by atoms with Gasteiger partial charge in [0, 0.05) is 30.8 Å². The highest BCUT2D eigenvalue weighted by atomic mass is 16.2. The zero-order valence-corrected chi connectivity index (χ0v) is 8.93. The van der Waals surface area contributed by atoms with Crippen LogP contribution in [0.5, 0.6) is 0 Å². The highest BCUT2D eigenvalue weighted by molar-refractivity contribution is 6.17. The van der Waals surface area contributed by atoms with Gasteiger partial charge in [0.05, 0.1) is 5.69 Å². The normalized spacial score (nSPS) is 18.6. The van der Waals surface area contributed by atoms with E-state index in [1.807, 2.05) is 0 Å². The predicted octanol–water partition coefficient (Wildman–Crippen LogP) is 1.08. The fraction of sp³-hybridized carbons (Fsp3) is 0.167. The van der Waals surface area contributed by atoms with Crippen LogP contribution in [0.4, 0.5) is 5.69 Å². The average Bonchev–Trinajstić information content (AvgIpc) is 2.41. The van der Waals surface area contributed by atoms with Gasteiger partial charge in [0.2, 0.25) is 0 Å². The van der Waals surface area contributed by atoms with Crippen LogP contribution in [0, 0.1) is 0 Å². The molecule has 0 radical (unpaired) electrons. The van der Waals surface area contributed by atoms with Crippen molar-refractivity contribution in [1.82, 2.24) is 0 Å². The third-order valence-corrected chi connectivity index (χ3v) is 2.70. The summed E-state index contributed by atoms with van der Waals surface area (Å²) < 4.78 is 0. The number of nitrogens with two attached hydrogens (primary N) is 1. The van der Waals surface area contributed by atoms with Gasteiger partial charge >= 0.3 is 0 Å². The van der Waals surface area contributed by atoms with Crippen LogP contribution in [0.3, 0.4) is 0 Å². The Morgan fingerprint density at radius 1 is 1.31 bits per heavy atom. The van der Waals surface area contributed by atoms with Crippen molar-refractivity contribution in [2.24, 2.45) is 5.73 Å². The van der Waals surface area contributed by atoms with E-state index in [9.17, 15) is 9.59 Å². The molecular weight excluding hydrogens is 204 g/mol. The second kappa shape index (κ2) is 3.81. The SMILES string of the molecule is CN1C(=O)C(=CN)CC(=O)c2ccccc21. The zero-order chi connectivity index (χ0) is 11.7. The molecule has 1 amide bonds. The molecule has 0 saturated heterocycles. The van der Waals surface area contributed by atoms with Gasteiger partial charge in [-0.25, -0.2) is 0 Å². The van der Waals surface area contributed by atoms with Crippen LogP contribution in [-0.2, 0) is 4.79 Å². The number of anilines is 1. The number of fused-ring (bicyclic) bond motifs is 1. The van der Waals surface area contributed by atoms with Gasteiger partial charge in [-0.3, -0.25) is 9.59 Å². The van der Waals surface area contributed by atoms with Gasteiger partial charge in [-0.2, -0.15) is 0 Å². The number of para-hydroxylation sites is 1. The van der Waals surface area contributed by atoms with Gasteiger partial charge in [0.1, 0.15) is 0 Å². The molecule has 1 heterocycles. The first-order valence-corrected chi connectivity index (χ1v) is 4.96. The lowest BCUT2D eigenvalue weighted by Gasteiger charge is -2.16. The number of carbonyl (C=O) groups excluding carboxylic acids is 2. The van der Waals surface area contributed by atoms with Crippen LogP contribution < -0.4 is 10.6 Å². The molecule has 0 aliphatic carbocycles. The van der Waals surface area contributed by atoms with E-state index < -0.39 is 0 Å². The Kier molecular flexibility index (Phi) is 2.48. The minimum atomic E-state index is -0.221. The molecular formula is C12H12N2O2. The number of nitrogens with zero attached hydrogens (tertiary/aromatic N) is 1. The highest BCUT2D eigenvalue weighted by Crippen LogP contribution is 2.27. The van der Waals surface area contributed by atoms with Gasteiger partial charge < -0.3 is 10.6 Å².